The summed E-state index contributed by atoms with van der Waals surface area (Å²) in [5, 5.41) is 3.24. The van der Waals surface area contributed by atoms with E-state index in [0.29, 0.717) is 29.9 Å². The first-order valence-corrected chi connectivity index (χ1v) is 21.9. The molecular formula is C39H54O6Si2. The fourth-order valence-electron chi connectivity index (χ4n) is 5.87. The van der Waals surface area contributed by atoms with E-state index in [0.717, 1.165) is 15.9 Å². The molecule has 0 spiro atoms. The minimum absolute atomic E-state index is 0.0804. The third kappa shape index (κ3) is 9.55. The van der Waals surface area contributed by atoms with Gasteiger partial charge in [0.05, 0.1) is 34.3 Å². The zero-order valence-electron chi connectivity index (χ0n) is 30.1. The van der Waals surface area contributed by atoms with Crippen molar-refractivity contribution in [2.45, 2.75) is 91.6 Å². The van der Waals surface area contributed by atoms with E-state index in [1.54, 1.807) is 13.0 Å². The third-order valence-corrected chi connectivity index (χ3v) is 16.5. The van der Waals surface area contributed by atoms with Gasteiger partial charge in [-0.25, -0.2) is 4.79 Å². The van der Waals surface area contributed by atoms with Gasteiger partial charge >= 0.3 is 11.9 Å². The Balaban J connectivity index is 2.12. The number of rotatable bonds is 15. The minimum atomic E-state index is -3.00. The number of esters is 2. The number of allylic oxidation sites excluding steroid dienone is 2. The molecule has 3 rings (SSSR count). The largest absolute Gasteiger partial charge is 0.469 e. The van der Waals surface area contributed by atoms with Crippen LogP contribution < -0.4 is 10.4 Å². The molecule has 254 valence electrons. The van der Waals surface area contributed by atoms with E-state index < -0.39 is 28.5 Å². The van der Waals surface area contributed by atoms with Gasteiger partial charge in [-0.15, -0.1) is 0 Å². The molecule has 1 heterocycles. The number of hydrogen-bond donors (Lipinski definition) is 0. The number of methoxy groups -OCH3 is 1. The molecule has 47 heavy (non-hydrogen) atoms. The number of furan rings is 1. The minimum Gasteiger partial charge on any atom is -0.469 e. The highest BCUT2D eigenvalue weighted by Gasteiger charge is 2.51. The molecule has 0 amide bonds. The molecule has 0 fully saturated rings. The standard InChI is InChI=1S/C39H54O6Si2/c1-12-43-38(41)35-26-31(23-29(4)46(9,10)11)44-36(35)25-30(28(2)3)24-32(27-37(40)42-8)45-47(39(5,6)7,33-19-15-13-16-20-33)34-21-17-14-18-22-34/h13-23,26,30,32H,2,12,24-25,27H2,1,3-11H3/b29-23+/t30?,32-/m0/s1. The zero-order valence-corrected chi connectivity index (χ0v) is 32.1. The van der Waals surface area contributed by atoms with Gasteiger partial charge in [-0.2, -0.15) is 0 Å². The maximum Gasteiger partial charge on any atom is 0.341 e. The van der Waals surface area contributed by atoms with Crippen molar-refractivity contribution in [3.63, 3.8) is 0 Å². The van der Waals surface area contributed by atoms with Gasteiger partial charge in [-0.05, 0) is 60.7 Å². The number of hydrogen-bond acceptors (Lipinski definition) is 6. The van der Waals surface area contributed by atoms with Gasteiger partial charge in [0.2, 0.25) is 0 Å². The summed E-state index contributed by atoms with van der Waals surface area (Å²) in [6, 6.07) is 22.6. The number of carbonyl (C=O) groups is 2. The lowest BCUT2D eigenvalue weighted by atomic mass is 9.89. The van der Waals surface area contributed by atoms with E-state index >= 15 is 0 Å². The van der Waals surface area contributed by atoms with Crippen molar-refractivity contribution in [3.8, 4) is 0 Å². The topological polar surface area (TPSA) is 75.0 Å². The van der Waals surface area contributed by atoms with Gasteiger partial charge < -0.3 is 18.3 Å². The Bertz CT molecular complexity index is 1490. The molecule has 2 aromatic carbocycles. The number of ether oxygens (including phenoxy) is 2. The van der Waals surface area contributed by atoms with E-state index in [9.17, 15) is 9.59 Å². The molecule has 0 aliphatic rings. The summed E-state index contributed by atoms with van der Waals surface area (Å²) in [5.41, 5.74) is 1.33. The van der Waals surface area contributed by atoms with Gasteiger partial charge in [0, 0.05) is 6.42 Å². The fraction of sp³-hybridized carbons (Fsp3) is 0.436. The van der Waals surface area contributed by atoms with Gasteiger partial charge in [0.25, 0.3) is 8.32 Å². The molecular weight excluding hydrogens is 621 g/mol. The molecule has 0 aliphatic heterocycles. The van der Waals surface area contributed by atoms with E-state index in [4.69, 9.17) is 18.3 Å². The lowest BCUT2D eigenvalue weighted by molar-refractivity contribution is -0.142. The van der Waals surface area contributed by atoms with Gasteiger partial charge in [0.1, 0.15) is 17.1 Å². The van der Waals surface area contributed by atoms with Crippen LogP contribution in [-0.4, -0.2) is 48.2 Å². The highest BCUT2D eigenvalue weighted by atomic mass is 28.4. The Morgan fingerprint density at radius 1 is 0.957 bits per heavy atom. The predicted molar refractivity (Wildman–Crippen MR) is 197 cm³/mol. The zero-order chi connectivity index (χ0) is 35.0. The molecule has 0 saturated heterocycles. The molecule has 8 heteroatoms. The molecule has 3 aromatic rings. The smallest absolute Gasteiger partial charge is 0.341 e. The van der Waals surface area contributed by atoms with Crippen molar-refractivity contribution in [1.82, 2.24) is 0 Å². The van der Waals surface area contributed by atoms with Crippen LogP contribution in [0.4, 0.5) is 0 Å². The summed E-state index contributed by atoms with van der Waals surface area (Å²) in [4.78, 5) is 26.1. The molecule has 0 bridgehead atoms. The Morgan fingerprint density at radius 2 is 1.51 bits per heavy atom. The van der Waals surface area contributed by atoms with Gasteiger partial charge in [-0.3, -0.25) is 4.79 Å². The Morgan fingerprint density at radius 3 is 1.96 bits per heavy atom. The van der Waals surface area contributed by atoms with Crippen LogP contribution in [0.2, 0.25) is 24.7 Å². The molecule has 0 radical (unpaired) electrons. The highest BCUT2D eigenvalue weighted by molar-refractivity contribution is 6.99. The molecule has 2 atom stereocenters. The normalized spacial score (nSPS) is 14.0. The first-order chi connectivity index (χ1) is 22.0. The molecule has 0 saturated carbocycles. The van der Waals surface area contributed by atoms with Crippen molar-refractivity contribution in [3.05, 3.63) is 101 Å². The van der Waals surface area contributed by atoms with Gasteiger partial charge in [-0.1, -0.05) is 118 Å². The van der Waals surface area contributed by atoms with Crippen molar-refractivity contribution in [1.29, 1.82) is 0 Å². The molecule has 0 N–H and O–H groups in total. The van der Waals surface area contributed by atoms with E-state index in [1.165, 1.54) is 12.3 Å². The summed E-state index contributed by atoms with van der Waals surface area (Å²) in [6.07, 6.45) is 2.52. The van der Waals surface area contributed by atoms with Crippen LogP contribution in [-0.2, 0) is 25.1 Å². The Labute approximate surface area is 284 Å². The first kappa shape index (κ1) is 38.0. The summed E-state index contributed by atoms with van der Waals surface area (Å²) >= 11 is 0. The van der Waals surface area contributed by atoms with Crippen LogP contribution in [0, 0.1) is 5.92 Å². The molecule has 6 nitrogen and oxygen atoms in total. The maximum absolute atomic E-state index is 13.1. The lowest BCUT2D eigenvalue weighted by Gasteiger charge is -2.45. The van der Waals surface area contributed by atoms with Gasteiger partial charge in [0.15, 0.2) is 0 Å². The SMILES string of the molecule is C=C(C)C(Cc1oc(/C=C(\C)[Si](C)(C)C)cc1C(=O)OCC)C[C@@H](CC(=O)OC)O[Si](c1ccccc1)(c1ccccc1)C(C)(C)C. The average Bonchev–Trinajstić information content (AvgIpc) is 3.41. The monoisotopic (exact) mass is 674 g/mol. The molecule has 1 aromatic heterocycles. The van der Waals surface area contributed by atoms with E-state index in [-0.39, 0.29) is 30.0 Å². The number of carbonyl (C=O) groups excluding carboxylic acids is 2. The van der Waals surface area contributed by atoms with Crippen LogP contribution in [0.1, 0.15) is 76.3 Å². The van der Waals surface area contributed by atoms with Crippen molar-refractivity contribution in [2.75, 3.05) is 13.7 Å². The second-order valence-electron chi connectivity index (χ2n) is 14.4. The highest BCUT2D eigenvalue weighted by Crippen LogP contribution is 2.39. The van der Waals surface area contributed by atoms with Crippen LogP contribution in [0.25, 0.3) is 6.08 Å². The van der Waals surface area contributed by atoms with Crippen LogP contribution >= 0.6 is 0 Å². The average molecular weight is 675 g/mol. The Kier molecular flexibility index (Phi) is 13.0. The second kappa shape index (κ2) is 16.1. The second-order valence-corrected chi connectivity index (χ2v) is 24.0. The summed E-state index contributed by atoms with van der Waals surface area (Å²) in [5.74, 6) is 0.281. The maximum atomic E-state index is 13.1. The van der Waals surface area contributed by atoms with Crippen molar-refractivity contribution in [2.24, 2.45) is 5.92 Å². The van der Waals surface area contributed by atoms with E-state index in [2.05, 4.69) is 78.2 Å². The fourth-order valence-corrected chi connectivity index (χ4v) is 11.1. The Hall–Kier alpha value is -3.47. The third-order valence-electron chi connectivity index (χ3n) is 8.92. The quantitative estimate of drug-likeness (QED) is 0.0916. The van der Waals surface area contributed by atoms with Crippen LogP contribution in [0.5, 0.6) is 0 Å². The summed E-state index contributed by atoms with van der Waals surface area (Å²) < 4.78 is 24.5. The van der Waals surface area contributed by atoms with E-state index in [1.807, 2.05) is 49.4 Å². The number of benzene rings is 2. The van der Waals surface area contributed by atoms with Crippen LogP contribution in [0.3, 0.4) is 0 Å². The summed E-state index contributed by atoms with van der Waals surface area (Å²) in [6.45, 7) is 24.0. The lowest BCUT2D eigenvalue weighted by Crippen LogP contribution is -2.67. The molecule has 0 aliphatic carbocycles. The first-order valence-electron chi connectivity index (χ1n) is 16.5. The van der Waals surface area contributed by atoms with Crippen molar-refractivity contribution < 1.29 is 27.9 Å². The molecule has 1 unspecified atom stereocenters. The predicted octanol–water partition coefficient (Wildman–Crippen LogP) is 8.37. The summed E-state index contributed by atoms with van der Waals surface area (Å²) in [7, 11) is -3.15. The van der Waals surface area contributed by atoms with Crippen molar-refractivity contribution >= 4 is 44.8 Å². The van der Waals surface area contributed by atoms with Crippen LogP contribution in [0.15, 0.2) is 88.5 Å².